The van der Waals surface area contributed by atoms with Gasteiger partial charge in [-0.25, -0.2) is 23.7 Å². The average molecular weight is 528 g/mol. The van der Waals surface area contributed by atoms with Crippen molar-refractivity contribution in [2.24, 2.45) is 0 Å². The van der Waals surface area contributed by atoms with Crippen LogP contribution in [0.1, 0.15) is 22.5 Å². The third-order valence-electron chi connectivity index (χ3n) is 6.43. The number of aromatic nitrogens is 3. The van der Waals surface area contributed by atoms with E-state index in [-0.39, 0.29) is 17.4 Å². The maximum absolute atomic E-state index is 13.7. The van der Waals surface area contributed by atoms with Crippen molar-refractivity contribution in [3.63, 3.8) is 0 Å². The summed E-state index contributed by atoms with van der Waals surface area (Å²) in [7, 11) is 0. The van der Waals surface area contributed by atoms with Crippen molar-refractivity contribution in [1.82, 2.24) is 19.9 Å². The molecule has 0 radical (unpaired) electrons. The van der Waals surface area contributed by atoms with Gasteiger partial charge in [0.1, 0.15) is 33.0 Å². The minimum atomic E-state index is -0.761. The predicted octanol–water partition coefficient (Wildman–Crippen LogP) is 6.36. The topological polar surface area (TPSA) is 71.0 Å². The Labute approximate surface area is 222 Å². The molecule has 0 bridgehead atoms. The van der Waals surface area contributed by atoms with Gasteiger partial charge in [0, 0.05) is 37.0 Å². The number of likely N-dealkylation sites (tertiary alicyclic amines) is 1. The van der Waals surface area contributed by atoms with E-state index in [1.807, 2.05) is 36.5 Å². The molecule has 0 unspecified atom stereocenters. The molecule has 1 aliphatic heterocycles. The third kappa shape index (κ3) is 5.16. The Balaban J connectivity index is 1.24. The molecule has 1 amide bonds. The van der Waals surface area contributed by atoms with Crippen molar-refractivity contribution in [2.45, 2.75) is 19.1 Å². The normalized spacial score (nSPS) is 15.7. The Morgan fingerprint density at radius 1 is 1.05 bits per heavy atom. The molecule has 3 aromatic heterocycles. The molecule has 1 saturated heterocycles. The number of hydrogen-bond acceptors (Lipinski definition) is 6. The Hall–Kier alpha value is -4.08. The van der Waals surface area contributed by atoms with Gasteiger partial charge in [-0.3, -0.25) is 9.69 Å². The highest BCUT2D eigenvalue weighted by Crippen LogP contribution is 2.34. The molecular formula is C29H23F2N5OS. The molecule has 1 atom stereocenters. The summed E-state index contributed by atoms with van der Waals surface area (Å²) in [5.74, 6) is -0.746. The van der Waals surface area contributed by atoms with Crippen molar-refractivity contribution in [3.8, 4) is 21.8 Å². The summed E-state index contributed by atoms with van der Waals surface area (Å²) in [4.78, 5) is 29.8. The first-order valence-corrected chi connectivity index (χ1v) is 13.1. The first kappa shape index (κ1) is 24.3. The van der Waals surface area contributed by atoms with E-state index in [2.05, 4.69) is 20.2 Å². The Kier molecular flexibility index (Phi) is 6.61. The van der Waals surface area contributed by atoms with Crippen molar-refractivity contribution < 1.29 is 13.6 Å². The second-order valence-electron chi connectivity index (χ2n) is 9.23. The number of rotatable bonds is 6. The van der Waals surface area contributed by atoms with Crippen LogP contribution in [0.4, 0.5) is 14.5 Å². The number of fused-ring (bicyclic) bond motifs is 1. The molecule has 1 N–H and O–H groups in total. The van der Waals surface area contributed by atoms with Crippen molar-refractivity contribution in [1.29, 1.82) is 0 Å². The maximum Gasteiger partial charge on any atom is 0.274 e. The number of amides is 1. The number of halogens is 2. The van der Waals surface area contributed by atoms with Gasteiger partial charge in [-0.2, -0.15) is 0 Å². The number of nitrogens with zero attached hydrogens (tertiary/aromatic N) is 4. The van der Waals surface area contributed by atoms with E-state index in [0.29, 0.717) is 36.5 Å². The van der Waals surface area contributed by atoms with E-state index in [1.54, 1.807) is 30.3 Å². The smallest absolute Gasteiger partial charge is 0.274 e. The van der Waals surface area contributed by atoms with Crippen LogP contribution in [0.3, 0.4) is 0 Å². The number of nitrogens with one attached hydrogen (secondary N) is 1. The molecule has 38 heavy (non-hydrogen) atoms. The summed E-state index contributed by atoms with van der Waals surface area (Å²) in [6.45, 7) is 1.84. The monoisotopic (exact) mass is 527 g/mol. The minimum Gasteiger partial charge on any atom is -0.320 e. The number of thiazole rings is 1. The molecule has 190 valence electrons. The summed E-state index contributed by atoms with van der Waals surface area (Å²) in [5.41, 5.74) is 4.45. The van der Waals surface area contributed by atoms with Gasteiger partial charge in [-0.15, -0.1) is 0 Å². The van der Waals surface area contributed by atoms with Gasteiger partial charge >= 0.3 is 0 Å². The van der Waals surface area contributed by atoms with E-state index in [9.17, 15) is 13.6 Å². The van der Waals surface area contributed by atoms with Gasteiger partial charge in [0.25, 0.3) is 5.91 Å². The SMILES string of the molecule is O=C(Nc1ccccc1-c1nc2cc(CN3CC[C@@H](F)C3)cnc2s1)c1cccc(-c2cccc(F)c2)n1. The van der Waals surface area contributed by atoms with Crippen LogP contribution in [0.25, 0.3) is 32.2 Å². The fourth-order valence-electron chi connectivity index (χ4n) is 4.59. The zero-order valence-electron chi connectivity index (χ0n) is 20.3. The fraction of sp³-hybridized carbons (Fsp3) is 0.172. The molecule has 0 saturated carbocycles. The lowest BCUT2D eigenvalue weighted by Crippen LogP contribution is -2.20. The van der Waals surface area contributed by atoms with Crippen molar-refractivity contribution in [2.75, 3.05) is 18.4 Å². The van der Waals surface area contributed by atoms with Crippen molar-refractivity contribution in [3.05, 3.63) is 96.1 Å². The van der Waals surface area contributed by atoms with E-state index >= 15 is 0 Å². The molecule has 0 spiro atoms. The van der Waals surface area contributed by atoms with Crippen molar-refractivity contribution >= 4 is 33.3 Å². The largest absolute Gasteiger partial charge is 0.320 e. The van der Waals surface area contributed by atoms with E-state index in [0.717, 1.165) is 33.0 Å². The number of carbonyl (C=O) groups is 1. The van der Waals surface area contributed by atoms with Crippen LogP contribution in [0.15, 0.2) is 79.0 Å². The highest BCUT2D eigenvalue weighted by Gasteiger charge is 2.22. The van der Waals surface area contributed by atoms with Gasteiger partial charge in [-0.1, -0.05) is 41.7 Å². The quantitative estimate of drug-likeness (QED) is 0.278. The van der Waals surface area contributed by atoms with Crippen LogP contribution < -0.4 is 5.32 Å². The lowest BCUT2D eigenvalue weighted by Gasteiger charge is -2.13. The predicted molar refractivity (Wildman–Crippen MR) is 145 cm³/mol. The van der Waals surface area contributed by atoms with Gasteiger partial charge in [0.2, 0.25) is 0 Å². The lowest BCUT2D eigenvalue weighted by molar-refractivity contribution is 0.102. The number of para-hydroxylation sites is 1. The third-order valence-corrected chi connectivity index (χ3v) is 7.45. The minimum absolute atomic E-state index is 0.217. The maximum atomic E-state index is 13.7. The zero-order valence-corrected chi connectivity index (χ0v) is 21.1. The molecule has 2 aromatic carbocycles. The van der Waals surface area contributed by atoms with Gasteiger partial charge < -0.3 is 5.32 Å². The molecular weight excluding hydrogens is 504 g/mol. The number of hydrogen-bond donors (Lipinski definition) is 1. The molecule has 4 heterocycles. The standard InChI is InChI=1S/C29H23F2N5OS/c30-20-6-3-5-19(14-20)23-9-4-10-25(33-23)27(37)34-24-8-2-1-7-22(24)28-35-26-13-18(15-32-29(26)38-28)16-36-12-11-21(31)17-36/h1-10,13-15,21H,11-12,16-17H2,(H,34,37)/t21-/m1/s1. The first-order chi connectivity index (χ1) is 18.5. The number of alkyl halides is 1. The second-order valence-corrected chi connectivity index (χ2v) is 10.2. The Morgan fingerprint density at radius 3 is 2.76 bits per heavy atom. The first-order valence-electron chi connectivity index (χ1n) is 12.3. The lowest BCUT2D eigenvalue weighted by atomic mass is 10.1. The average Bonchev–Trinajstić information content (AvgIpc) is 3.54. The number of benzene rings is 2. The van der Waals surface area contributed by atoms with E-state index < -0.39 is 6.17 Å². The Morgan fingerprint density at radius 2 is 1.92 bits per heavy atom. The summed E-state index contributed by atoms with van der Waals surface area (Å²) in [5, 5.41) is 3.68. The fourth-order valence-corrected chi connectivity index (χ4v) is 5.52. The van der Waals surface area contributed by atoms with Crippen LogP contribution in [0.2, 0.25) is 0 Å². The van der Waals surface area contributed by atoms with Crippen LogP contribution in [-0.2, 0) is 6.54 Å². The van der Waals surface area contributed by atoms with Crippen LogP contribution in [0.5, 0.6) is 0 Å². The Bertz CT molecular complexity index is 1640. The highest BCUT2D eigenvalue weighted by atomic mass is 32.1. The van der Waals surface area contributed by atoms with Gasteiger partial charge in [0.15, 0.2) is 0 Å². The molecule has 1 fully saturated rings. The molecule has 0 aliphatic carbocycles. The number of pyridine rings is 2. The van der Waals surface area contributed by atoms with Crippen LogP contribution in [0, 0.1) is 5.82 Å². The molecule has 6 rings (SSSR count). The van der Waals surface area contributed by atoms with Crippen LogP contribution >= 0.6 is 11.3 Å². The number of anilines is 1. The number of carbonyl (C=O) groups excluding carboxylic acids is 1. The summed E-state index contributed by atoms with van der Waals surface area (Å²) in [6.07, 6.45) is 1.63. The van der Waals surface area contributed by atoms with E-state index in [4.69, 9.17) is 4.98 Å². The molecule has 9 heteroatoms. The van der Waals surface area contributed by atoms with Gasteiger partial charge in [-0.05, 0) is 54.4 Å². The van der Waals surface area contributed by atoms with Gasteiger partial charge in [0.05, 0.1) is 11.4 Å². The summed E-state index contributed by atoms with van der Waals surface area (Å²) in [6, 6.07) is 20.6. The second kappa shape index (κ2) is 10.4. The molecule has 1 aliphatic rings. The van der Waals surface area contributed by atoms with E-state index in [1.165, 1.54) is 23.5 Å². The molecule has 6 nitrogen and oxygen atoms in total. The van der Waals surface area contributed by atoms with Crippen LogP contribution in [-0.4, -0.2) is 45.0 Å². The summed E-state index contributed by atoms with van der Waals surface area (Å²) >= 11 is 1.44. The zero-order chi connectivity index (χ0) is 26.1. The molecule has 5 aromatic rings. The summed E-state index contributed by atoms with van der Waals surface area (Å²) < 4.78 is 27.2. The highest BCUT2D eigenvalue weighted by molar-refractivity contribution is 7.21.